The zero-order chi connectivity index (χ0) is 21.5. The fourth-order valence-corrected chi connectivity index (χ4v) is 4.28. The number of nitrogens with zero attached hydrogens (tertiary/aromatic N) is 5. The lowest BCUT2D eigenvalue weighted by atomic mass is 10.1. The van der Waals surface area contributed by atoms with Gasteiger partial charge in [-0.15, -0.1) is 0 Å². The molecule has 4 heterocycles. The van der Waals surface area contributed by atoms with Crippen LogP contribution < -0.4 is 10.6 Å². The van der Waals surface area contributed by atoms with Crippen LogP contribution in [0.15, 0.2) is 43.0 Å². The molecule has 1 saturated heterocycles. The number of hydrogen-bond donors (Lipinski definition) is 3. The van der Waals surface area contributed by atoms with Gasteiger partial charge in [0.05, 0.1) is 29.5 Å². The van der Waals surface area contributed by atoms with E-state index in [0.717, 1.165) is 68.1 Å². The Balaban J connectivity index is 1.32. The maximum atomic E-state index is 15.0. The van der Waals surface area contributed by atoms with Crippen LogP contribution in [-0.4, -0.2) is 55.6 Å². The third-order valence-electron chi connectivity index (χ3n) is 6.20. The summed E-state index contributed by atoms with van der Waals surface area (Å²) in [5, 5.41) is 13.5. The lowest BCUT2D eigenvalue weighted by Gasteiger charge is -2.27. The van der Waals surface area contributed by atoms with E-state index in [4.69, 9.17) is 4.98 Å². The predicted molar refractivity (Wildman–Crippen MR) is 120 cm³/mol. The highest BCUT2D eigenvalue weighted by molar-refractivity contribution is 5.74. The first-order valence-electron chi connectivity index (χ1n) is 11.1. The highest BCUT2D eigenvalue weighted by atomic mass is 19.1. The van der Waals surface area contributed by atoms with Crippen molar-refractivity contribution < 1.29 is 4.39 Å². The molecule has 1 aromatic carbocycles. The fourth-order valence-electron chi connectivity index (χ4n) is 4.28. The molecule has 0 atom stereocenters. The molecule has 0 spiro atoms. The summed E-state index contributed by atoms with van der Waals surface area (Å²) in [5.41, 5.74) is 4.91. The molecule has 0 unspecified atom stereocenters. The Kier molecular flexibility index (Phi) is 4.84. The first-order chi connectivity index (χ1) is 15.7. The maximum Gasteiger partial charge on any atom is 0.180 e. The minimum Gasteiger partial charge on any atom is -0.335 e. The third kappa shape index (κ3) is 3.74. The van der Waals surface area contributed by atoms with Gasteiger partial charge in [0.15, 0.2) is 11.5 Å². The minimum absolute atomic E-state index is 0.281. The SMILES string of the molecule is Fc1cc(CN2CCNCC2)ccc1Nc1nc(C2CC2)cn2c(-c3cn[nH]c3)cnc12. The van der Waals surface area contributed by atoms with Gasteiger partial charge in [-0.05, 0) is 30.5 Å². The normalized spacial score (nSPS) is 17.2. The predicted octanol–water partition coefficient (Wildman–Crippen LogP) is 3.28. The summed E-state index contributed by atoms with van der Waals surface area (Å²) in [6.45, 7) is 4.68. The van der Waals surface area contributed by atoms with Crippen molar-refractivity contribution >= 4 is 17.2 Å². The molecule has 3 aromatic heterocycles. The van der Waals surface area contributed by atoms with E-state index in [1.54, 1.807) is 24.5 Å². The van der Waals surface area contributed by atoms with Crippen molar-refractivity contribution in [2.24, 2.45) is 0 Å². The smallest absolute Gasteiger partial charge is 0.180 e. The van der Waals surface area contributed by atoms with Crippen LogP contribution in [0, 0.1) is 5.82 Å². The summed E-state index contributed by atoms with van der Waals surface area (Å²) in [4.78, 5) is 11.7. The van der Waals surface area contributed by atoms with E-state index in [-0.39, 0.29) is 5.82 Å². The van der Waals surface area contributed by atoms with Crippen LogP contribution in [0.25, 0.3) is 16.9 Å². The molecule has 1 aliphatic carbocycles. The van der Waals surface area contributed by atoms with Crippen molar-refractivity contribution in [2.45, 2.75) is 25.3 Å². The number of H-pyrrole nitrogens is 1. The van der Waals surface area contributed by atoms with Crippen LogP contribution in [-0.2, 0) is 6.54 Å². The van der Waals surface area contributed by atoms with Crippen LogP contribution in [0.2, 0.25) is 0 Å². The number of rotatable bonds is 6. The molecule has 2 fully saturated rings. The van der Waals surface area contributed by atoms with E-state index in [1.807, 2.05) is 22.9 Å². The molecule has 3 N–H and O–H groups in total. The van der Waals surface area contributed by atoms with Gasteiger partial charge in [0.25, 0.3) is 0 Å². The third-order valence-corrected chi connectivity index (χ3v) is 6.20. The molecule has 32 heavy (non-hydrogen) atoms. The zero-order valence-corrected chi connectivity index (χ0v) is 17.7. The monoisotopic (exact) mass is 432 g/mol. The van der Waals surface area contributed by atoms with E-state index in [0.29, 0.717) is 23.1 Å². The number of nitrogens with one attached hydrogen (secondary N) is 3. The molecular formula is C23H25FN8. The van der Waals surface area contributed by atoms with Crippen molar-refractivity contribution in [3.05, 3.63) is 60.1 Å². The van der Waals surface area contributed by atoms with Crippen LogP contribution in [0.1, 0.15) is 30.0 Å². The first-order valence-corrected chi connectivity index (χ1v) is 11.1. The second-order valence-electron chi connectivity index (χ2n) is 8.58. The van der Waals surface area contributed by atoms with Crippen LogP contribution in [0.3, 0.4) is 0 Å². The topological polar surface area (TPSA) is 86.2 Å². The molecule has 2 aliphatic rings. The molecule has 1 aliphatic heterocycles. The Bertz CT molecular complexity index is 1240. The molecule has 0 radical (unpaired) electrons. The summed E-state index contributed by atoms with van der Waals surface area (Å²) >= 11 is 0. The van der Waals surface area contributed by atoms with Gasteiger partial charge >= 0.3 is 0 Å². The number of aromatic nitrogens is 5. The minimum atomic E-state index is -0.281. The number of imidazole rings is 1. The summed E-state index contributed by atoms with van der Waals surface area (Å²) in [6, 6.07) is 5.40. The number of anilines is 2. The van der Waals surface area contributed by atoms with Gasteiger partial charge < -0.3 is 10.6 Å². The average Bonchev–Trinajstić information content (AvgIpc) is 3.34. The standard InChI is InChI=1S/C23H25FN8/c24-18-9-15(13-31-7-5-25-6-8-31)1-4-19(18)29-22-23-26-12-21(17-10-27-28-11-17)32(23)14-20(30-22)16-2-3-16/h1,4,9-12,14,16,25H,2-3,5-8,13H2,(H,27,28)(H,29,30). The molecule has 9 heteroatoms. The zero-order valence-electron chi connectivity index (χ0n) is 17.7. The molecule has 0 bridgehead atoms. The van der Waals surface area contributed by atoms with Crippen LogP contribution >= 0.6 is 0 Å². The van der Waals surface area contributed by atoms with Crippen molar-refractivity contribution in [1.29, 1.82) is 0 Å². The fraction of sp³-hybridized carbons (Fsp3) is 0.348. The van der Waals surface area contributed by atoms with Gasteiger partial charge in [0.1, 0.15) is 5.82 Å². The van der Waals surface area contributed by atoms with Gasteiger partial charge in [0, 0.05) is 56.6 Å². The number of benzene rings is 1. The van der Waals surface area contributed by atoms with Crippen molar-refractivity contribution in [2.75, 3.05) is 31.5 Å². The molecule has 1 saturated carbocycles. The van der Waals surface area contributed by atoms with E-state index in [2.05, 4.69) is 30.7 Å². The van der Waals surface area contributed by atoms with Gasteiger partial charge in [0.2, 0.25) is 0 Å². The van der Waals surface area contributed by atoms with Crippen LogP contribution in [0.4, 0.5) is 15.9 Å². The Hall–Kier alpha value is -3.30. The molecule has 164 valence electrons. The Morgan fingerprint density at radius 1 is 1.16 bits per heavy atom. The highest BCUT2D eigenvalue weighted by Gasteiger charge is 2.27. The largest absolute Gasteiger partial charge is 0.335 e. The molecule has 0 amide bonds. The van der Waals surface area contributed by atoms with Crippen molar-refractivity contribution in [3.63, 3.8) is 0 Å². The molecule has 4 aromatic rings. The van der Waals surface area contributed by atoms with Crippen LogP contribution in [0.5, 0.6) is 0 Å². The Morgan fingerprint density at radius 2 is 2.03 bits per heavy atom. The second-order valence-corrected chi connectivity index (χ2v) is 8.58. The Morgan fingerprint density at radius 3 is 2.78 bits per heavy atom. The average molecular weight is 433 g/mol. The lowest BCUT2D eigenvalue weighted by Crippen LogP contribution is -2.42. The van der Waals surface area contributed by atoms with E-state index < -0.39 is 0 Å². The number of piperazine rings is 1. The summed E-state index contributed by atoms with van der Waals surface area (Å²) < 4.78 is 17.0. The summed E-state index contributed by atoms with van der Waals surface area (Å²) in [6.07, 6.45) is 9.71. The number of fused-ring (bicyclic) bond motifs is 1. The van der Waals surface area contributed by atoms with Crippen molar-refractivity contribution in [3.8, 4) is 11.3 Å². The van der Waals surface area contributed by atoms with Gasteiger partial charge in [-0.3, -0.25) is 14.4 Å². The number of hydrogen-bond acceptors (Lipinski definition) is 6. The molecule has 6 rings (SSSR count). The van der Waals surface area contributed by atoms with Crippen molar-refractivity contribution in [1.82, 2.24) is 34.8 Å². The first kappa shape index (κ1) is 19.4. The summed E-state index contributed by atoms with van der Waals surface area (Å²) in [5.74, 6) is 0.736. The number of aromatic amines is 1. The lowest BCUT2D eigenvalue weighted by molar-refractivity contribution is 0.233. The Labute approximate surface area is 184 Å². The van der Waals surface area contributed by atoms with E-state index in [9.17, 15) is 0 Å². The molecule has 8 nitrogen and oxygen atoms in total. The second kappa shape index (κ2) is 7.99. The van der Waals surface area contributed by atoms with E-state index in [1.165, 1.54) is 0 Å². The molecular weight excluding hydrogens is 407 g/mol. The van der Waals surface area contributed by atoms with E-state index >= 15 is 4.39 Å². The van der Waals surface area contributed by atoms with Gasteiger partial charge in [-0.2, -0.15) is 5.10 Å². The maximum absolute atomic E-state index is 15.0. The van der Waals surface area contributed by atoms with Gasteiger partial charge in [-0.25, -0.2) is 14.4 Å². The van der Waals surface area contributed by atoms with Gasteiger partial charge in [-0.1, -0.05) is 6.07 Å². The number of halogens is 1. The highest BCUT2D eigenvalue weighted by Crippen LogP contribution is 2.40. The quantitative estimate of drug-likeness (QED) is 0.434. The summed E-state index contributed by atoms with van der Waals surface area (Å²) in [7, 11) is 0.